The Morgan fingerprint density at radius 1 is 1.02 bits per heavy atom. The van der Waals surface area contributed by atoms with Crippen molar-refractivity contribution >= 4 is 51.0 Å². The summed E-state index contributed by atoms with van der Waals surface area (Å²) in [6, 6.07) is 24.3. The zero-order chi connectivity index (χ0) is 34.1. The lowest BCUT2D eigenvalue weighted by atomic mass is 9.95. The zero-order valence-corrected chi connectivity index (χ0v) is 29.1. The molecule has 0 amide bonds. The highest BCUT2D eigenvalue weighted by Gasteiger charge is 2.29. The Balaban J connectivity index is 1.16. The van der Waals surface area contributed by atoms with Gasteiger partial charge in [-0.25, -0.2) is 4.79 Å². The molecule has 4 aromatic carbocycles. The molecule has 0 radical (unpaired) electrons. The fourth-order valence-corrected chi connectivity index (χ4v) is 8.25. The number of hydrogen-bond donors (Lipinski definition) is 2. The number of rotatable bonds is 12. The molecule has 252 valence electrons. The molecular formula is C39H38ClN3O5S. The third-order valence-corrected chi connectivity index (χ3v) is 10.7. The highest BCUT2D eigenvalue weighted by Crippen LogP contribution is 2.43. The van der Waals surface area contributed by atoms with Crippen LogP contribution in [0, 0.1) is 0 Å². The molecule has 10 heteroatoms. The number of benzene rings is 4. The van der Waals surface area contributed by atoms with Crippen molar-refractivity contribution in [2.24, 2.45) is 7.05 Å². The van der Waals surface area contributed by atoms with E-state index in [1.807, 2.05) is 41.1 Å². The van der Waals surface area contributed by atoms with Gasteiger partial charge in [-0.15, -0.1) is 11.8 Å². The van der Waals surface area contributed by atoms with E-state index in [0.29, 0.717) is 30.2 Å². The smallest absolute Gasteiger partial charge is 0.352 e. The van der Waals surface area contributed by atoms with Crippen LogP contribution in [-0.2, 0) is 38.8 Å². The van der Waals surface area contributed by atoms with Gasteiger partial charge in [0.05, 0.1) is 36.6 Å². The van der Waals surface area contributed by atoms with Crippen LogP contribution in [0.3, 0.4) is 0 Å². The molecule has 7 rings (SSSR count). The Hall–Kier alpha value is -4.44. The molecule has 0 fully saturated rings. The average Bonchev–Trinajstić information content (AvgIpc) is 3.63. The third-order valence-electron chi connectivity index (χ3n) is 9.37. The number of methoxy groups -OCH3 is 1. The van der Waals surface area contributed by atoms with Gasteiger partial charge >= 0.3 is 5.97 Å². The SMILES string of the molecule is COc1ccc(CSc2cc(OCCCc3c(C(=O)O)n(C)c4c(-c5c(CO)nn6c5CCCC6)c(Cl)ccc34)c3ccccc3c2)cc1. The van der Waals surface area contributed by atoms with E-state index in [4.69, 9.17) is 26.2 Å². The summed E-state index contributed by atoms with van der Waals surface area (Å²) in [7, 11) is 3.45. The van der Waals surface area contributed by atoms with Crippen molar-refractivity contribution in [2.75, 3.05) is 13.7 Å². The number of aromatic nitrogens is 3. The van der Waals surface area contributed by atoms with Gasteiger partial charge < -0.3 is 24.3 Å². The van der Waals surface area contributed by atoms with Crippen molar-refractivity contribution in [3.05, 3.63) is 106 Å². The van der Waals surface area contributed by atoms with E-state index in [9.17, 15) is 15.0 Å². The van der Waals surface area contributed by atoms with Crippen molar-refractivity contribution in [3.8, 4) is 22.6 Å². The Kier molecular flexibility index (Phi) is 9.58. The minimum Gasteiger partial charge on any atom is -0.497 e. The molecule has 0 saturated carbocycles. The van der Waals surface area contributed by atoms with Gasteiger partial charge in [0.1, 0.15) is 17.2 Å². The Morgan fingerprint density at radius 2 is 1.84 bits per heavy atom. The Morgan fingerprint density at radius 3 is 2.61 bits per heavy atom. The number of hydrogen-bond acceptors (Lipinski definition) is 6. The van der Waals surface area contributed by atoms with Gasteiger partial charge in [-0.3, -0.25) is 4.68 Å². The van der Waals surface area contributed by atoms with Gasteiger partial charge in [-0.1, -0.05) is 54.1 Å². The molecule has 0 unspecified atom stereocenters. The number of carboxylic acids is 1. The second-order valence-electron chi connectivity index (χ2n) is 12.3. The molecule has 8 nitrogen and oxygen atoms in total. The van der Waals surface area contributed by atoms with E-state index in [2.05, 4.69) is 36.4 Å². The minimum atomic E-state index is -0.997. The summed E-state index contributed by atoms with van der Waals surface area (Å²) >= 11 is 8.65. The number of aliphatic hydroxyl groups excluding tert-OH is 1. The summed E-state index contributed by atoms with van der Waals surface area (Å²) in [6.07, 6.45) is 3.99. The average molecular weight is 696 g/mol. The molecule has 49 heavy (non-hydrogen) atoms. The first-order valence-electron chi connectivity index (χ1n) is 16.5. The number of carboxylic acid groups (broad SMARTS) is 1. The van der Waals surface area contributed by atoms with E-state index in [1.165, 1.54) is 5.56 Å². The maximum Gasteiger partial charge on any atom is 0.352 e. The topological polar surface area (TPSA) is 98.7 Å². The summed E-state index contributed by atoms with van der Waals surface area (Å²) in [5.74, 6) is 1.47. The first kappa shape index (κ1) is 33.1. The van der Waals surface area contributed by atoms with Gasteiger partial charge in [0, 0.05) is 51.8 Å². The van der Waals surface area contributed by atoms with Gasteiger partial charge in [-0.05, 0) is 78.9 Å². The van der Waals surface area contributed by atoms with Crippen molar-refractivity contribution in [2.45, 2.75) is 55.9 Å². The van der Waals surface area contributed by atoms with Crippen molar-refractivity contribution in [1.29, 1.82) is 0 Å². The molecule has 2 aromatic heterocycles. The number of aromatic carboxylic acids is 1. The first-order chi connectivity index (χ1) is 23.9. The normalized spacial score (nSPS) is 12.8. The molecule has 0 spiro atoms. The van der Waals surface area contributed by atoms with E-state index in [0.717, 1.165) is 92.0 Å². The number of carbonyl (C=O) groups is 1. The van der Waals surface area contributed by atoms with Gasteiger partial charge in [-0.2, -0.15) is 5.10 Å². The Bertz CT molecular complexity index is 2170. The van der Waals surface area contributed by atoms with Crippen LogP contribution in [0.5, 0.6) is 11.5 Å². The van der Waals surface area contributed by atoms with Crippen LogP contribution in [0.1, 0.15) is 52.3 Å². The second-order valence-corrected chi connectivity index (χ2v) is 13.8. The molecule has 1 aliphatic rings. The van der Waals surface area contributed by atoms with Gasteiger partial charge in [0.2, 0.25) is 0 Å². The third kappa shape index (κ3) is 6.38. The lowest BCUT2D eigenvalue weighted by Crippen LogP contribution is -2.11. The second kappa shape index (κ2) is 14.2. The number of nitrogens with zero attached hydrogens (tertiary/aromatic N) is 3. The molecule has 0 atom stereocenters. The summed E-state index contributed by atoms with van der Waals surface area (Å²) in [5.41, 5.74) is 6.07. The van der Waals surface area contributed by atoms with Crippen molar-refractivity contribution in [3.63, 3.8) is 0 Å². The largest absolute Gasteiger partial charge is 0.497 e. The lowest BCUT2D eigenvalue weighted by molar-refractivity contribution is 0.0685. The van der Waals surface area contributed by atoms with E-state index in [-0.39, 0.29) is 12.3 Å². The molecule has 1 aliphatic heterocycles. The highest BCUT2D eigenvalue weighted by molar-refractivity contribution is 7.98. The summed E-state index contributed by atoms with van der Waals surface area (Å²) < 4.78 is 15.4. The minimum absolute atomic E-state index is 0.224. The van der Waals surface area contributed by atoms with Crippen LogP contribution >= 0.6 is 23.4 Å². The standard InChI is InChI=1S/C39H38ClN3O5S/c1-42-37-30(16-17-31(40)35(37)36-32(22-44)41-43-18-6-5-11-33(36)43)29(38(42)39(45)46)10-7-19-48-34-21-27(20-25-8-3-4-9-28(25)34)49-23-24-12-14-26(47-2)15-13-24/h3-4,8-9,12-17,20-21,44H,5-7,10-11,18-19,22-23H2,1-2H3,(H,45,46). The van der Waals surface area contributed by atoms with Gasteiger partial charge in [0.15, 0.2) is 0 Å². The van der Waals surface area contributed by atoms with E-state index < -0.39 is 5.97 Å². The Labute approximate surface area is 294 Å². The number of aryl methyl sites for hydroxylation is 3. The van der Waals surface area contributed by atoms with Crippen molar-refractivity contribution < 1.29 is 24.5 Å². The van der Waals surface area contributed by atoms with E-state index in [1.54, 1.807) is 30.5 Å². The number of fused-ring (bicyclic) bond motifs is 3. The number of ether oxygens (including phenoxy) is 2. The van der Waals surface area contributed by atoms with Crippen LogP contribution in [0.25, 0.3) is 32.8 Å². The van der Waals surface area contributed by atoms with Crippen LogP contribution in [-0.4, -0.2) is 44.2 Å². The maximum absolute atomic E-state index is 12.7. The monoisotopic (exact) mass is 695 g/mol. The van der Waals surface area contributed by atoms with E-state index >= 15 is 0 Å². The predicted molar refractivity (Wildman–Crippen MR) is 195 cm³/mol. The molecule has 0 bridgehead atoms. The van der Waals surface area contributed by atoms with Crippen LogP contribution < -0.4 is 9.47 Å². The summed E-state index contributed by atoms with van der Waals surface area (Å²) in [4.78, 5) is 13.8. The molecule has 0 aliphatic carbocycles. The van der Waals surface area contributed by atoms with Crippen LogP contribution in [0.2, 0.25) is 5.02 Å². The molecular weight excluding hydrogens is 658 g/mol. The van der Waals surface area contributed by atoms with Gasteiger partial charge in [0.25, 0.3) is 0 Å². The molecule has 2 N–H and O–H groups in total. The molecule has 6 aromatic rings. The van der Waals surface area contributed by atoms with Crippen LogP contribution in [0.15, 0.2) is 77.7 Å². The van der Waals surface area contributed by atoms with Crippen molar-refractivity contribution in [1.82, 2.24) is 14.3 Å². The summed E-state index contributed by atoms with van der Waals surface area (Å²) in [6.45, 7) is 0.977. The number of aliphatic hydroxyl groups is 1. The predicted octanol–water partition coefficient (Wildman–Crippen LogP) is 8.69. The number of thioether (sulfide) groups is 1. The zero-order valence-electron chi connectivity index (χ0n) is 27.5. The summed E-state index contributed by atoms with van der Waals surface area (Å²) in [5, 5.41) is 28.9. The molecule has 3 heterocycles. The maximum atomic E-state index is 12.7. The quantitative estimate of drug-likeness (QED) is 0.0976. The first-order valence-corrected chi connectivity index (χ1v) is 17.9. The lowest BCUT2D eigenvalue weighted by Gasteiger charge is -2.16. The number of halogens is 1. The highest BCUT2D eigenvalue weighted by atomic mass is 35.5. The molecule has 0 saturated heterocycles. The fraction of sp³-hybridized carbons (Fsp3) is 0.282. The fourth-order valence-electron chi connectivity index (χ4n) is 7.08. The van der Waals surface area contributed by atoms with Crippen LogP contribution in [0.4, 0.5) is 0 Å².